The molecule has 0 saturated carbocycles. The lowest BCUT2D eigenvalue weighted by Gasteiger charge is -2.26. The lowest BCUT2D eigenvalue weighted by molar-refractivity contribution is -0.122. The van der Waals surface area contributed by atoms with Gasteiger partial charge in [-0.25, -0.2) is 9.69 Å². The molecule has 7 heteroatoms. The number of anilines is 1. The smallest absolute Gasteiger partial charge is 0.335 e. The van der Waals surface area contributed by atoms with E-state index in [4.69, 9.17) is 11.6 Å². The SMILES string of the molecule is Cc1cc(/C=C2\C(=O)NC(=O)N(c3ccc(Cl)cc3)C2=O)c(C)n1C. The van der Waals surface area contributed by atoms with Crippen molar-refractivity contribution in [2.45, 2.75) is 13.8 Å². The number of amides is 4. The van der Waals surface area contributed by atoms with Crippen molar-refractivity contribution in [3.63, 3.8) is 0 Å². The summed E-state index contributed by atoms with van der Waals surface area (Å²) in [5.74, 6) is -1.38. The zero-order chi connectivity index (χ0) is 18.3. The second-order valence-corrected chi connectivity index (χ2v) is 6.26. The zero-order valence-electron chi connectivity index (χ0n) is 14.0. The van der Waals surface area contributed by atoms with Crippen LogP contribution in [0.4, 0.5) is 10.5 Å². The number of urea groups is 1. The van der Waals surface area contributed by atoms with Crippen LogP contribution in [0.25, 0.3) is 6.08 Å². The minimum atomic E-state index is -0.782. The predicted molar refractivity (Wildman–Crippen MR) is 95.3 cm³/mol. The Balaban J connectivity index is 2.05. The number of barbiturate groups is 1. The summed E-state index contributed by atoms with van der Waals surface area (Å²) in [6.07, 6.45) is 1.51. The van der Waals surface area contributed by atoms with Crippen LogP contribution in [0.15, 0.2) is 35.9 Å². The number of aryl methyl sites for hydroxylation is 1. The van der Waals surface area contributed by atoms with Gasteiger partial charge in [0.2, 0.25) is 0 Å². The molecule has 2 heterocycles. The number of hydrogen-bond acceptors (Lipinski definition) is 3. The number of nitrogens with zero attached hydrogens (tertiary/aromatic N) is 2. The number of aromatic nitrogens is 1. The largest absolute Gasteiger partial charge is 0.352 e. The van der Waals surface area contributed by atoms with Crippen LogP contribution in [0.5, 0.6) is 0 Å². The van der Waals surface area contributed by atoms with E-state index in [0.29, 0.717) is 10.7 Å². The Morgan fingerprint density at radius 1 is 1.08 bits per heavy atom. The number of imide groups is 2. The Morgan fingerprint density at radius 2 is 1.72 bits per heavy atom. The van der Waals surface area contributed by atoms with E-state index in [2.05, 4.69) is 5.32 Å². The molecule has 1 N–H and O–H groups in total. The Bertz CT molecular complexity index is 926. The number of nitrogens with one attached hydrogen (secondary N) is 1. The summed E-state index contributed by atoms with van der Waals surface area (Å²) < 4.78 is 1.96. The van der Waals surface area contributed by atoms with Gasteiger partial charge in [-0.1, -0.05) is 11.6 Å². The van der Waals surface area contributed by atoms with Gasteiger partial charge in [0, 0.05) is 23.5 Å². The van der Waals surface area contributed by atoms with Crippen LogP contribution >= 0.6 is 11.6 Å². The van der Waals surface area contributed by atoms with E-state index < -0.39 is 17.8 Å². The first-order valence-electron chi connectivity index (χ1n) is 7.59. The highest BCUT2D eigenvalue weighted by Crippen LogP contribution is 2.24. The molecule has 3 rings (SSSR count). The summed E-state index contributed by atoms with van der Waals surface area (Å²) in [5.41, 5.74) is 2.91. The lowest BCUT2D eigenvalue weighted by Crippen LogP contribution is -2.54. The number of hydrogen-bond donors (Lipinski definition) is 1. The molecule has 0 aliphatic carbocycles. The molecule has 2 aromatic rings. The first kappa shape index (κ1) is 17.0. The van der Waals surface area contributed by atoms with Crippen molar-refractivity contribution in [1.29, 1.82) is 0 Å². The molecule has 0 radical (unpaired) electrons. The minimum absolute atomic E-state index is 0.0942. The van der Waals surface area contributed by atoms with E-state index in [-0.39, 0.29) is 5.57 Å². The molecule has 25 heavy (non-hydrogen) atoms. The maximum absolute atomic E-state index is 12.8. The van der Waals surface area contributed by atoms with Crippen molar-refractivity contribution in [3.8, 4) is 0 Å². The third-order valence-electron chi connectivity index (χ3n) is 4.30. The standard InChI is InChI=1S/C18H16ClN3O3/c1-10-8-12(11(2)21(10)3)9-15-16(23)20-18(25)22(17(15)24)14-6-4-13(19)5-7-14/h4-9H,1-3H3,(H,20,23,25)/b15-9+. The average molecular weight is 358 g/mol. The molecule has 0 bridgehead atoms. The van der Waals surface area contributed by atoms with Crippen molar-refractivity contribution in [3.05, 3.63) is 57.9 Å². The number of benzene rings is 1. The maximum atomic E-state index is 12.8. The maximum Gasteiger partial charge on any atom is 0.335 e. The number of rotatable bonds is 2. The fraction of sp³-hybridized carbons (Fsp3) is 0.167. The second kappa shape index (κ2) is 6.22. The van der Waals surface area contributed by atoms with Crippen molar-refractivity contribution in [2.75, 3.05) is 4.90 Å². The molecule has 0 atom stereocenters. The topological polar surface area (TPSA) is 71.4 Å². The molecule has 1 aromatic heterocycles. The quantitative estimate of drug-likeness (QED) is 0.663. The van der Waals surface area contributed by atoms with Gasteiger partial charge in [0.15, 0.2) is 0 Å². The van der Waals surface area contributed by atoms with E-state index in [9.17, 15) is 14.4 Å². The molecule has 0 spiro atoms. The van der Waals surface area contributed by atoms with Crippen LogP contribution in [0.3, 0.4) is 0 Å². The summed E-state index contributed by atoms with van der Waals surface area (Å²) in [5, 5.41) is 2.69. The van der Waals surface area contributed by atoms with Gasteiger partial charge in [0.1, 0.15) is 5.57 Å². The highest BCUT2D eigenvalue weighted by atomic mass is 35.5. The molecule has 1 aliphatic heterocycles. The van der Waals surface area contributed by atoms with Crippen molar-refractivity contribution >= 4 is 41.2 Å². The van der Waals surface area contributed by atoms with Crippen molar-refractivity contribution < 1.29 is 14.4 Å². The molecule has 0 unspecified atom stereocenters. The first-order valence-corrected chi connectivity index (χ1v) is 7.97. The van der Waals surface area contributed by atoms with Crippen LogP contribution in [-0.4, -0.2) is 22.4 Å². The van der Waals surface area contributed by atoms with Gasteiger partial charge in [-0.3, -0.25) is 14.9 Å². The third-order valence-corrected chi connectivity index (χ3v) is 4.55. The van der Waals surface area contributed by atoms with Gasteiger partial charge in [0.05, 0.1) is 5.69 Å². The predicted octanol–water partition coefficient (Wildman–Crippen LogP) is 2.96. The molecule has 1 aromatic carbocycles. The fourth-order valence-electron chi connectivity index (χ4n) is 2.67. The molecule has 128 valence electrons. The molecule has 4 amide bonds. The summed E-state index contributed by atoms with van der Waals surface area (Å²) in [7, 11) is 1.90. The Labute approximate surface area is 149 Å². The van der Waals surface area contributed by atoms with Crippen LogP contribution in [0, 0.1) is 13.8 Å². The normalized spacial score (nSPS) is 16.6. The summed E-state index contributed by atoms with van der Waals surface area (Å²) >= 11 is 5.85. The van der Waals surface area contributed by atoms with Gasteiger partial charge < -0.3 is 4.57 Å². The van der Waals surface area contributed by atoms with Crippen molar-refractivity contribution in [1.82, 2.24) is 9.88 Å². The molecule has 6 nitrogen and oxygen atoms in total. The second-order valence-electron chi connectivity index (χ2n) is 5.82. The van der Waals surface area contributed by atoms with Gasteiger partial charge in [-0.05, 0) is 55.8 Å². The number of carbonyl (C=O) groups is 3. The fourth-order valence-corrected chi connectivity index (χ4v) is 2.79. The van der Waals surface area contributed by atoms with E-state index >= 15 is 0 Å². The highest BCUT2D eigenvalue weighted by Gasteiger charge is 2.36. The summed E-state index contributed by atoms with van der Waals surface area (Å²) in [4.78, 5) is 38.0. The number of carbonyl (C=O) groups excluding carboxylic acids is 3. The molecule has 1 aliphatic rings. The molecule has 1 fully saturated rings. The van der Waals surface area contributed by atoms with Gasteiger partial charge in [0.25, 0.3) is 11.8 Å². The minimum Gasteiger partial charge on any atom is -0.352 e. The highest BCUT2D eigenvalue weighted by molar-refractivity contribution is 6.39. The van der Waals surface area contributed by atoms with Crippen LogP contribution in [-0.2, 0) is 16.6 Å². The molecular formula is C18H16ClN3O3. The van der Waals surface area contributed by atoms with E-state index in [1.165, 1.54) is 6.08 Å². The Kier molecular flexibility index (Phi) is 4.22. The van der Waals surface area contributed by atoms with E-state index in [1.807, 2.05) is 31.5 Å². The average Bonchev–Trinajstić information content (AvgIpc) is 2.80. The van der Waals surface area contributed by atoms with Crippen LogP contribution in [0.1, 0.15) is 17.0 Å². The van der Waals surface area contributed by atoms with E-state index in [0.717, 1.165) is 21.9 Å². The zero-order valence-corrected chi connectivity index (χ0v) is 14.7. The summed E-state index contributed by atoms with van der Waals surface area (Å²) in [6, 6.07) is 7.34. The summed E-state index contributed by atoms with van der Waals surface area (Å²) in [6.45, 7) is 3.83. The van der Waals surface area contributed by atoms with Crippen LogP contribution < -0.4 is 10.2 Å². The molecule has 1 saturated heterocycles. The molecular weight excluding hydrogens is 342 g/mol. The van der Waals surface area contributed by atoms with Gasteiger partial charge in [-0.15, -0.1) is 0 Å². The van der Waals surface area contributed by atoms with E-state index in [1.54, 1.807) is 24.3 Å². The lowest BCUT2D eigenvalue weighted by atomic mass is 10.1. The monoisotopic (exact) mass is 357 g/mol. The van der Waals surface area contributed by atoms with Crippen LogP contribution in [0.2, 0.25) is 5.02 Å². The first-order chi connectivity index (χ1) is 11.8. The van der Waals surface area contributed by atoms with Crippen molar-refractivity contribution in [2.24, 2.45) is 7.05 Å². The number of halogens is 1. The Hall–Kier alpha value is -2.86. The Morgan fingerprint density at radius 3 is 2.28 bits per heavy atom. The van der Waals surface area contributed by atoms with Gasteiger partial charge in [-0.2, -0.15) is 0 Å². The third kappa shape index (κ3) is 2.96. The van der Waals surface area contributed by atoms with Gasteiger partial charge >= 0.3 is 6.03 Å².